The molecule has 0 saturated heterocycles. The summed E-state index contributed by atoms with van der Waals surface area (Å²) in [6.45, 7) is 4.68. The van der Waals surface area contributed by atoms with Crippen LogP contribution in [-0.2, 0) is 0 Å². The second-order valence-electron chi connectivity index (χ2n) is 4.97. The van der Waals surface area contributed by atoms with Gasteiger partial charge in [-0.25, -0.2) is 4.98 Å². The van der Waals surface area contributed by atoms with Gasteiger partial charge in [0, 0.05) is 11.3 Å². The van der Waals surface area contributed by atoms with E-state index in [1.807, 2.05) is 0 Å². The van der Waals surface area contributed by atoms with Crippen LogP contribution in [-0.4, -0.2) is 4.98 Å². The molecule has 84 valence electrons. The molecule has 2 rings (SSSR count). The first-order chi connectivity index (χ1) is 7.16. The number of nitrogens with two attached hydrogens (primary N) is 1. The number of anilines is 1. The molecule has 0 aromatic carbocycles. The summed E-state index contributed by atoms with van der Waals surface area (Å²) in [4.78, 5) is 4.40. The Morgan fingerprint density at radius 3 is 2.47 bits per heavy atom. The van der Waals surface area contributed by atoms with Gasteiger partial charge in [0.15, 0.2) is 5.13 Å². The number of nitrogen functional groups attached to an aromatic ring is 1. The van der Waals surface area contributed by atoms with Crippen molar-refractivity contribution in [3.8, 4) is 0 Å². The lowest BCUT2D eigenvalue weighted by molar-refractivity contribution is 0.257. The molecule has 1 heterocycles. The minimum atomic E-state index is 0.675. The normalized spacial score (nSPS) is 27.1. The van der Waals surface area contributed by atoms with Gasteiger partial charge in [-0.15, -0.1) is 11.3 Å². The number of hydrogen-bond donors (Lipinski definition) is 1. The van der Waals surface area contributed by atoms with Gasteiger partial charge in [0.2, 0.25) is 0 Å². The second-order valence-corrected chi connectivity index (χ2v) is 5.86. The van der Waals surface area contributed by atoms with Crippen LogP contribution in [0.4, 0.5) is 5.13 Å². The molecule has 1 aliphatic rings. The predicted molar refractivity (Wildman–Crippen MR) is 66.1 cm³/mol. The van der Waals surface area contributed by atoms with E-state index in [0.29, 0.717) is 5.92 Å². The van der Waals surface area contributed by atoms with Crippen molar-refractivity contribution in [3.63, 3.8) is 0 Å². The molecular formula is C12H20N2S. The Hall–Kier alpha value is -0.570. The molecule has 3 heteroatoms. The van der Waals surface area contributed by atoms with Gasteiger partial charge in [-0.1, -0.05) is 13.8 Å². The third kappa shape index (κ3) is 2.51. The molecule has 2 nitrogen and oxygen atoms in total. The third-order valence-corrected chi connectivity index (χ3v) is 4.36. The molecule has 1 saturated carbocycles. The van der Waals surface area contributed by atoms with Crippen molar-refractivity contribution in [2.45, 2.75) is 45.4 Å². The van der Waals surface area contributed by atoms with Crippen LogP contribution < -0.4 is 5.73 Å². The Bertz CT molecular complexity index is 311. The Morgan fingerprint density at radius 1 is 1.33 bits per heavy atom. The summed E-state index contributed by atoms with van der Waals surface area (Å²) in [5.41, 5.74) is 6.90. The predicted octanol–water partition coefficient (Wildman–Crippen LogP) is 3.66. The van der Waals surface area contributed by atoms with Crippen molar-refractivity contribution in [2.75, 3.05) is 5.73 Å². The maximum Gasteiger partial charge on any atom is 0.180 e. The van der Waals surface area contributed by atoms with Crippen molar-refractivity contribution in [1.29, 1.82) is 0 Å². The fourth-order valence-electron chi connectivity index (χ4n) is 2.57. The number of rotatable bonds is 2. The maximum absolute atomic E-state index is 5.67. The largest absolute Gasteiger partial charge is 0.375 e. The van der Waals surface area contributed by atoms with Crippen LogP contribution in [0.3, 0.4) is 0 Å². The van der Waals surface area contributed by atoms with Gasteiger partial charge in [-0.05, 0) is 37.5 Å². The van der Waals surface area contributed by atoms with Crippen molar-refractivity contribution in [1.82, 2.24) is 4.98 Å². The van der Waals surface area contributed by atoms with Gasteiger partial charge in [0.1, 0.15) is 0 Å². The molecule has 0 atom stereocenters. The lowest BCUT2D eigenvalue weighted by Gasteiger charge is -2.29. The van der Waals surface area contributed by atoms with Crippen LogP contribution >= 0.6 is 11.3 Å². The number of nitrogens with zero attached hydrogens (tertiary/aromatic N) is 1. The first-order valence-corrected chi connectivity index (χ1v) is 6.75. The van der Waals surface area contributed by atoms with E-state index in [-0.39, 0.29) is 0 Å². The van der Waals surface area contributed by atoms with Crippen molar-refractivity contribution < 1.29 is 0 Å². The van der Waals surface area contributed by atoms with Crippen LogP contribution in [0, 0.1) is 11.8 Å². The van der Waals surface area contributed by atoms with E-state index in [4.69, 9.17) is 5.73 Å². The lowest BCUT2D eigenvalue weighted by Crippen LogP contribution is -2.17. The van der Waals surface area contributed by atoms with Crippen molar-refractivity contribution in [3.05, 3.63) is 11.1 Å². The Kier molecular flexibility index (Phi) is 3.29. The van der Waals surface area contributed by atoms with E-state index in [2.05, 4.69) is 24.2 Å². The molecule has 1 aromatic heterocycles. The molecule has 1 aliphatic carbocycles. The van der Waals surface area contributed by atoms with Gasteiger partial charge in [0.25, 0.3) is 0 Å². The van der Waals surface area contributed by atoms with E-state index in [0.717, 1.165) is 17.0 Å². The highest BCUT2D eigenvalue weighted by Crippen LogP contribution is 2.38. The summed E-state index contributed by atoms with van der Waals surface area (Å²) < 4.78 is 0. The topological polar surface area (TPSA) is 38.9 Å². The van der Waals surface area contributed by atoms with E-state index in [1.54, 1.807) is 11.3 Å². The highest BCUT2D eigenvalue weighted by Gasteiger charge is 2.25. The van der Waals surface area contributed by atoms with Crippen LogP contribution in [0.2, 0.25) is 0 Å². The van der Waals surface area contributed by atoms with Crippen molar-refractivity contribution in [2.24, 2.45) is 11.8 Å². The Morgan fingerprint density at radius 2 is 2.00 bits per heavy atom. The minimum Gasteiger partial charge on any atom is -0.375 e. The molecule has 0 amide bonds. The monoisotopic (exact) mass is 224 g/mol. The third-order valence-electron chi connectivity index (χ3n) is 3.67. The van der Waals surface area contributed by atoms with Gasteiger partial charge in [-0.3, -0.25) is 0 Å². The number of hydrogen-bond acceptors (Lipinski definition) is 3. The zero-order valence-corrected chi connectivity index (χ0v) is 10.4. The van der Waals surface area contributed by atoms with Gasteiger partial charge < -0.3 is 5.73 Å². The zero-order valence-electron chi connectivity index (χ0n) is 9.57. The quantitative estimate of drug-likeness (QED) is 0.832. The molecule has 0 bridgehead atoms. The Labute approximate surface area is 95.9 Å². The van der Waals surface area contributed by atoms with E-state index < -0.39 is 0 Å². The lowest BCUT2D eigenvalue weighted by atomic mass is 9.76. The average Bonchev–Trinajstić information content (AvgIpc) is 2.65. The standard InChI is InChI=1S/C12H20N2S/c1-8(2)9-3-5-10(6-4-9)11-7-15-12(13)14-11/h7-10H,3-6H2,1-2H3,(H2,13,14). The first-order valence-electron chi connectivity index (χ1n) is 5.87. The highest BCUT2D eigenvalue weighted by molar-refractivity contribution is 7.13. The summed E-state index contributed by atoms with van der Waals surface area (Å²) >= 11 is 1.57. The zero-order chi connectivity index (χ0) is 10.8. The smallest absolute Gasteiger partial charge is 0.180 e. The second kappa shape index (κ2) is 4.52. The molecule has 15 heavy (non-hydrogen) atoms. The van der Waals surface area contributed by atoms with Crippen LogP contribution in [0.5, 0.6) is 0 Å². The molecule has 0 unspecified atom stereocenters. The molecule has 1 fully saturated rings. The number of aromatic nitrogens is 1. The molecular weight excluding hydrogens is 204 g/mol. The number of thiazole rings is 1. The van der Waals surface area contributed by atoms with Crippen LogP contribution in [0.15, 0.2) is 5.38 Å². The van der Waals surface area contributed by atoms with Crippen LogP contribution in [0.1, 0.15) is 51.1 Å². The van der Waals surface area contributed by atoms with Gasteiger partial charge >= 0.3 is 0 Å². The summed E-state index contributed by atoms with van der Waals surface area (Å²) in [6, 6.07) is 0. The minimum absolute atomic E-state index is 0.675. The Balaban J connectivity index is 1.93. The highest BCUT2D eigenvalue weighted by atomic mass is 32.1. The van der Waals surface area contributed by atoms with E-state index >= 15 is 0 Å². The molecule has 1 aromatic rings. The summed E-state index contributed by atoms with van der Waals surface area (Å²) in [5, 5.41) is 2.85. The van der Waals surface area contributed by atoms with E-state index in [1.165, 1.54) is 31.4 Å². The fourth-order valence-corrected chi connectivity index (χ4v) is 3.21. The van der Waals surface area contributed by atoms with Crippen molar-refractivity contribution >= 4 is 16.5 Å². The fraction of sp³-hybridized carbons (Fsp3) is 0.750. The maximum atomic E-state index is 5.67. The molecule has 0 spiro atoms. The summed E-state index contributed by atoms with van der Waals surface area (Å²) in [5.74, 6) is 2.44. The molecule has 0 radical (unpaired) electrons. The molecule has 2 N–H and O–H groups in total. The summed E-state index contributed by atoms with van der Waals surface area (Å²) in [7, 11) is 0. The van der Waals surface area contributed by atoms with E-state index in [9.17, 15) is 0 Å². The van der Waals surface area contributed by atoms with Gasteiger partial charge in [0.05, 0.1) is 5.69 Å². The first kappa shape index (κ1) is 10.9. The van der Waals surface area contributed by atoms with Crippen LogP contribution in [0.25, 0.3) is 0 Å². The molecule has 0 aliphatic heterocycles. The SMILES string of the molecule is CC(C)C1CCC(c2csc(N)n2)CC1. The van der Waals surface area contributed by atoms with Gasteiger partial charge in [-0.2, -0.15) is 0 Å². The average molecular weight is 224 g/mol. The summed E-state index contributed by atoms with van der Waals surface area (Å²) in [6.07, 6.45) is 5.32.